The van der Waals surface area contributed by atoms with Crippen LogP contribution in [0.5, 0.6) is 0 Å². The van der Waals surface area contributed by atoms with E-state index < -0.39 is 5.41 Å². The molecule has 0 saturated heterocycles. The Bertz CT molecular complexity index is 3460. The highest BCUT2D eigenvalue weighted by Gasteiger charge is 2.51. The maximum atomic E-state index is 6.63. The van der Waals surface area contributed by atoms with Gasteiger partial charge < -0.3 is 9.32 Å². The van der Waals surface area contributed by atoms with Gasteiger partial charge >= 0.3 is 0 Å². The van der Waals surface area contributed by atoms with Gasteiger partial charge in [-0.2, -0.15) is 0 Å². The van der Waals surface area contributed by atoms with Gasteiger partial charge in [-0.3, -0.25) is 0 Å². The third kappa shape index (κ3) is 4.85. The van der Waals surface area contributed by atoms with Gasteiger partial charge in [-0.25, -0.2) is 0 Å². The van der Waals surface area contributed by atoms with E-state index in [1.54, 1.807) is 0 Å². The zero-order valence-electron chi connectivity index (χ0n) is 33.2. The highest BCUT2D eigenvalue weighted by molar-refractivity contribution is 6.22. The Kier molecular flexibility index (Phi) is 7.26. The van der Waals surface area contributed by atoms with E-state index in [0.717, 1.165) is 55.5 Å². The first-order chi connectivity index (χ1) is 30.3. The van der Waals surface area contributed by atoms with Crippen LogP contribution in [0.4, 0.5) is 17.1 Å². The largest absolute Gasteiger partial charge is 0.456 e. The lowest BCUT2D eigenvalue weighted by Crippen LogP contribution is -2.26. The second-order valence-electron chi connectivity index (χ2n) is 16.4. The van der Waals surface area contributed by atoms with Crippen molar-refractivity contribution in [2.75, 3.05) is 4.90 Å². The Balaban J connectivity index is 1.09. The van der Waals surface area contributed by atoms with Crippen molar-refractivity contribution >= 4 is 49.8 Å². The molecule has 2 heteroatoms. The minimum absolute atomic E-state index is 0.451. The molecule has 2 aliphatic rings. The summed E-state index contributed by atoms with van der Waals surface area (Å²) in [5, 5.41) is 4.60. The van der Waals surface area contributed by atoms with E-state index in [0.29, 0.717) is 0 Å². The van der Waals surface area contributed by atoms with Crippen molar-refractivity contribution in [2.24, 2.45) is 0 Å². The minimum Gasteiger partial charge on any atom is -0.456 e. The summed E-state index contributed by atoms with van der Waals surface area (Å²) in [5.74, 6) is 0. The molecule has 1 aromatic heterocycles. The summed E-state index contributed by atoms with van der Waals surface area (Å²) < 4.78 is 6.63. The third-order valence-corrected chi connectivity index (χ3v) is 13.3. The number of benzene rings is 10. The van der Waals surface area contributed by atoms with Crippen LogP contribution in [-0.2, 0) is 5.41 Å². The number of rotatable bonds is 5. The Morgan fingerprint density at radius 3 is 1.48 bits per heavy atom. The van der Waals surface area contributed by atoms with Gasteiger partial charge in [-0.15, -0.1) is 0 Å². The quantitative estimate of drug-likeness (QED) is 0.173. The molecule has 1 spiro atoms. The van der Waals surface area contributed by atoms with Crippen LogP contribution in [0.2, 0.25) is 0 Å². The summed E-state index contributed by atoms with van der Waals surface area (Å²) >= 11 is 0. The molecule has 0 atom stereocenters. The Morgan fingerprint density at radius 2 is 0.803 bits per heavy atom. The molecule has 0 saturated carbocycles. The zero-order chi connectivity index (χ0) is 40.1. The van der Waals surface area contributed by atoms with E-state index in [-0.39, 0.29) is 0 Å². The lowest BCUT2D eigenvalue weighted by molar-refractivity contribution is 0.669. The molecule has 0 aliphatic heterocycles. The number of anilines is 3. The molecule has 284 valence electrons. The summed E-state index contributed by atoms with van der Waals surface area (Å²) in [4.78, 5) is 2.45. The van der Waals surface area contributed by atoms with E-state index in [2.05, 4.69) is 229 Å². The normalized spacial score (nSPS) is 13.0. The number of furan rings is 1. The van der Waals surface area contributed by atoms with Gasteiger partial charge in [0.15, 0.2) is 0 Å². The van der Waals surface area contributed by atoms with Crippen LogP contribution in [0, 0.1) is 0 Å². The molecule has 0 radical (unpaired) electrons. The first-order valence-corrected chi connectivity index (χ1v) is 21.1. The molecular weight excluding hydrogens is 739 g/mol. The van der Waals surface area contributed by atoms with Crippen molar-refractivity contribution in [3.8, 4) is 44.5 Å². The molecule has 1 heterocycles. The molecular formula is C59H37NO. The van der Waals surface area contributed by atoms with Gasteiger partial charge in [0, 0.05) is 27.8 Å². The Labute approximate surface area is 354 Å². The smallest absolute Gasteiger partial charge is 0.136 e. The Hall–Kier alpha value is -7.94. The average Bonchev–Trinajstić information content (AvgIpc) is 3.96. The van der Waals surface area contributed by atoms with E-state index >= 15 is 0 Å². The highest BCUT2D eigenvalue weighted by Crippen LogP contribution is 2.63. The average molecular weight is 776 g/mol. The monoisotopic (exact) mass is 775 g/mol. The van der Waals surface area contributed by atoms with Crippen molar-refractivity contribution in [3.05, 3.63) is 247 Å². The van der Waals surface area contributed by atoms with Crippen LogP contribution in [-0.4, -0.2) is 0 Å². The van der Waals surface area contributed by atoms with Crippen molar-refractivity contribution in [1.29, 1.82) is 0 Å². The molecule has 2 aliphatic carbocycles. The van der Waals surface area contributed by atoms with Crippen LogP contribution >= 0.6 is 0 Å². The summed E-state index contributed by atoms with van der Waals surface area (Å²) in [6.07, 6.45) is 0. The predicted octanol–water partition coefficient (Wildman–Crippen LogP) is 15.9. The standard InChI is InChI=1S/C59H37NO/c1-3-15-38(16-4-1)39-27-29-41(30-28-39)60(42-31-33-44-50(40-17-5-2-6-18-40)37-57-58(51(44)35-42)49-22-10-14-26-56(49)61-57)43-32-34-48-47-21-9-13-25-54(47)59(55(48)36-43)52-23-11-7-19-45(52)46-20-8-12-24-53(46)59/h1-37H. The summed E-state index contributed by atoms with van der Waals surface area (Å²) in [6, 6.07) is 82.3. The topological polar surface area (TPSA) is 16.4 Å². The van der Waals surface area contributed by atoms with E-state index in [9.17, 15) is 0 Å². The maximum Gasteiger partial charge on any atom is 0.136 e. The predicted molar refractivity (Wildman–Crippen MR) is 253 cm³/mol. The molecule has 61 heavy (non-hydrogen) atoms. The first kappa shape index (κ1) is 34.0. The Morgan fingerprint density at radius 1 is 0.295 bits per heavy atom. The first-order valence-electron chi connectivity index (χ1n) is 21.1. The van der Waals surface area contributed by atoms with Crippen LogP contribution < -0.4 is 4.90 Å². The maximum absolute atomic E-state index is 6.63. The summed E-state index contributed by atoms with van der Waals surface area (Å²) in [7, 11) is 0. The van der Waals surface area contributed by atoms with Crippen molar-refractivity contribution in [3.63, 3.8) is 0 Å². The van der Waals surface area contributed by atoms with Gasteiger partial charge in [-0.05, 0) is 126 Å². The molecule has 0 N–H and O–H groups in total. The van der Waals surface area contributed by atoms with Crippen molar-refractivity contribution in [2.45, 2.75) is 5.41 Å². The highest BCUT2D eigenvalue weighted by atomic mass is 16.3. The molecule has 0 amide bonds. The van der Waals surface area contributed by atoms with E-state index in [1.807, 2.05) is 0 Å². The number of hydrogen-bond donors (Lipinski definition) is 0. The molecule has 2 nitrogen and oxygen atoms in total. The molecule has 13 rings (SSSR count). The van der Waals surface area contributed by atoms with Crippen LogP contribution in [0.25, 0.3) is 77.2 Å². The minimum atomic E-state index is -0.451. The molecule has 11 aromatic rings. The van der Waals surface area contributed by atoms with Crippen molar-refractivity contribution in [1.82, 2.24) is 0 Å². The summed E-state index contributed by atoms with van der Waals surface area (Å²) in [5.41, 5.74) is 19.8. The zero-order valence-corrected chi connectivity index (χ0v) is 33.2. The lowest BCUT2D eigenvalue weighted by atomic mass is 9.70. The van der Waals surface area contributed by atoms with Gasteiger partial charge in [0.2, 0.25) is 0 Å². The molecule has 0 fully saturated rings. The van der Waals surface area contributed by atoms with Gasteiger partial charge in [-0.1, -0.05) is 176 Å². The number of fused-ring (bicyclic) bond motifs is 15. The van der Waals surface area contributed by atoms with Crippen LogP contribution in [0.3, 0.4) is 0 Å². The van der Waals surface area contributed by atoms with Crippen molar-refractivity contribution < 1.29 is 4.42 Å². The van der Waals surface area contributed by atoms with E-state index in [4.69, 9.17) is 4.42 Å². The molecule has 0 bridgehead atoms. The fourth-order valence-electron chi connectivity index (χ4n) is 10.7. The lowest BCUT2D eigenvalue weighted by Gasteiger charge is -2.32. The fourth-order valence-corrected chi connectivity index (χ4v) is 10.7. The molecule has 0 unspecified atom stereocenters. The number of para-hydroxylation sites is 1. The molecule has 10 aromatic carbocycles. The fraction of sp³-hybridized carbons (Fsp3) is 0.0169. The van der Waals surface area contributed by atoms with Gasteiger partial charge in [0.05, 0.1) is 5.41 Å². The number of nitrogens with zero attached hydrogens (tertiary/aromatic N) is 1. The van der Waals surface area contributed by atoms with Gasteiger partial charge in [0.1, 0.15) is 11.2 Å². The van der Waals surface area contributed by atoms with Gasteiger partial charge in [0.25, 0.3) is 0 Å². The third-order valence-electron chi connectivity index (χ3n) is 13.3. The SMILES string of the molecule is c1ccc(-c2ccc(N(c3ccc4c(c3)C3(c5ccccc5-c5ccccc53)c3ccccc3-4)c3ccc4c(-c5ccccc5)cc5oc6ccccc6c5c4c3)cc2)cc1. The second-order valence-corrected chi connectivity index (χ2v) is 16.4. The second kappa shape index (κ2) is 13.0. The van der Waals surface area contributed by atoms with Crippen LogP contribution in [0.15, 0.2) is 229 Å². The van der Waals surface area contributed by atoms with E-state index in [1.165, 1.54) is 61.0 Å². The van der Waals surface area contributed by atoms with Crippen LogP contribution in [0.1, 0.15) is 22.3 Å². The number of hydrogen-bond acceptors (Lipinski definition) is 2. The summed E-state index contributed by atoms with van der Waals surface area (Å²) in [6.45, 7) is 0.